The minimum absolute atomic E-state index is 0.0595. The van der Waals surface area contributed by atoms with Crippen molar-refractivity contribution in [3.05, 3.63) is 0 Å². The minimum Gasteiger partial charge on any atom is -0.390 e. The molecule has 0 spiro atoms. The SMILES string of the molecule is CCN1CCOC(C(O)CC2CC2)C1. The van der Waals surface area contributed by atoms with Gasteiger partial charge in [-0.3, -0.25) is 4.90 Å². The zero-order chi connectivity index (χ0) is 9.97. The van der Waals surface area contributed by atoms with Crippen molar-refractivity contribution in [1.82, 2.24) is 4.90 Å². The lowest BCUT2D eigenvalue weighted by Crippen LogP contribution is -2.47. The van der Waals surface area contributed by atoms with Crippen molar-refractivity contribution >= 4 is 0 Å². The van der Waals surface area contributed by atoms with Crippen molar-refractivity contribution < 1.29 is 9.84 Å². The zero-order valence-corrected chi connectivity index (χ0v) is 8.98. The summed E-state index contributed by atoms with van der Waals surface area (Å²) in [4.78, 5) is 2.35. The average molecular weight is 199 g/mol. The fraction of sp³-hybridized carbons (Fsp3) is 1.00. The van der Waals surface area contributed by atoms with E-state index in [0.717, 1.165) is 38.6 Å². The number of rotatable bonds is 4. The number of hydrogen-bond acceptors (Lipinski definition) is 3. The molecule has 3 heteroatoms. The molecule has 14 heavy (non-hydrogen) atoms. The maximum absolute atomic E-state index is 9.95. The van der Waals surface area contributed by atoms with Crippen molar-refractivity contribution in [3.8, 4) is 0 Å². The van der Waals surface area contributed by atoms with Crippen LogP contribution in [0.5, 0.6) is 0 Å². The molecule has 0 aromatic heterocycles. The third-order valence-electron chi connectivity index (χ3n) is 3.33. The van der Waals surface area contributed by atoms with Gasteiger partial charge in [-0.05, 0) is 18.9 Å². The van der Waals surface area contributed by atoms with Crippen LogP contribution in [0.3, 0.4) is 0 Å². The van der Waals surface area contributed by atoms with E-state index in [4.69, 9.17) is 4.74 Å². The molecule has 1 aliphatic carbocycles. The molecule has 2 atom stereocenters. The van der Waals surface area contributed by atoms with Gasteiger partial charge in [0.15, 0.2) is 0 Å². The van der Waals surface area contributed by atoms with Gasteiger partial charge in [0.05, 0.1) is 18.8 Å². The molecule has 2 unspecified atom stereocenters. The Bertz CT molecular complexity index is 182. The van der Waals surface area contributed by atoms with Crippen molar-refractivity contribution in [3.63, 3.8) is 0 Å². The van der Waals surface area contributed by atoms with Gasteiger partial charge < -0.3 is 9.84 Å². The predicted molar refractivity (Wildman–Crippen MR) is 55.2 cm³/mol. The van der Waals surface area contributed by atoms with E-state index in [9.17, 15) is 5.11 Å². The normalized spacial score (nSPS) is 31.7. The summed E-state index contributed by atoms with van der Waals surface area (Å²) in [6.45, 7) is 5.93. The van der Waals surface area contributed by atoms with Gasteiger partial charge in [-0.15, -0.1) is 0 Å². The van der Waals surface area contributed by atoms with Crippen LogP contribution in [-0.2, 0) is 4.74 Å². The molecule has 0 bridgehead atoms. The number of morpholine rings is 1. The average Bonchev–Trinajstić information content (AvgIpc) is 3.02. The van der Waals surface area contributed by atoms with E-state index in [1.165, 1.54) is 12.8 Å². The molecule has 0 radical (unpaired) electrons. The second-order valence-electron chi connectivity index (χ2n) is 4.55. The van der Waals surface area contributed by atoms with Gasteiger partial charge in [-0.2, -0.15) is 0 Å². The van der Waals surface area contributed by atoms with E-state index < -0.39 is 0 Å². The Balaban J connectivity index is 1.76. The molecule has 0 aromatic rings. The Labute approximate surface area is 86.0 Å². The van der Waals surface area contributed by atoms with Crippen molar-refractivity contribution in [2.75, 3.05) is 26.2 Å². The van der Waals surface area contributed by atoms with Crippen LogP contribution in [0.2, 0.25) is 0 Å². The van der Waals surface area contributed by atoms with E-state index in [0.29, 0.717) is 0 Å². The Hall–Kier alpha value is -0.120. The van der Waals surface area contributed by atoms with Crippen LogP contribution in [0.15, 0.2) is 0 Å². The molecule has 1 saturated carbocycles. The van der Waals surface area contributed by atoms with Gasteiger partial charge in [0.25, 0.3) is 0 Å². The molecular formula is C11H21NO2. The first-order chi connectivity index (χ1) is 6.79. The maximum atomic E-state index is 9.95. The molecule has 1 heterocycles. The third-order valence-corrected chi connectivity index (χ3v) is 3.33. The summed E-state index contributed by atoms with van der Waals surface area (Å²) in [5.41, 5.74) is 0. The van der Waals surface area contributed by atoms with Gasteiger partial charge in [0, 0.05) is 13.1 Å². The predicted octanol–water partition coefficient (Wildman–Crippen LogP) is 0.868. The van der Waals surface area contributed by atoms with Crippen molar-refractivity contribution in [1.29, 1.82) is 0 Å². The van der Waals surface area contributed by atoms with E-state index in [-0.39, 0.29) is 12.2 Å². The van der Waals surface area contributed by atoms with Gasteiger partial charge in [0.1, 0.15) is 0 Å². The molecule has 0 amide bonds. The first-order valence-corrected chi connectivity index (χ1v) is 5.81. The fourth-order valence-corrected chi connectivity index (χ4v) is 2.10. The van der Waals surface area contributed by atoms with Crippen LogP contribution in [0.1, 0.15) is 26.2 Å². The monoisotopic (exact) mass is 199 g/mol. The number of aliphatic hydroxyl groups excluding tert-OH is 1. The second-order valence-corrected chi connectivity index (χ2v) is 4.55. The summed E-state index contributed by atoms with van der Waals surface area (Å²) >= 11 is 0. The maximum Gasteiger partial charge on any atom is 0.0961 e. The lowest BCUT2D eigenvalue weighted by Gasteiger charge is -2.34. The summed E-state index contributed by atoms with van der Waals surface area (Å²) in [5.74, 6) is 0.783. The van der Waals surface area contributed by atoms with Crippen molar-refractivity contribution in [2.45, 2.75) is 38.4 Å². The quantitative estimate of drug-likeness (QED) is 0.729. The Morgan fingerprint density at radius 2 is 2.29 bits per heavy atom. The first kappa shape index (κ1) is 10.4. The Morgan fingerprint density at radius 3 is 2.93 bits per heavy atom. The molecule has 1 aliphatic heterocycles. The molecule has 2 fully saturated rings. The highest BCUT2D eigenvalue weighted by Gasteiger charge is 2.31. The Kier molecular flexibility index (Phi) is 3.42. The first-order valence-electron chi connectivity index (χ1n) is 5.81. The molecule has 82 valence electrons. The molecular weight excluding hydrogens is 178 g/mol. The number of likely N-dealkylation sites (N-methyl/N-ethyl adjacent to an activating group) is 1. The van der Waals surface area contributed by atoms with Gasteiger partial charge in [-0.25, -0.2) is 0 Å². The number of hydrogen-bond donors (Lipinski definition) is 1. The van der Waals surface area contributed by atoms with E-state index in [1.54, 1.807) is 0 Å². The van der Waals surface area contributed by atoms with Crippen LogP contribution in [0.4, 0.5) is 0 Å². The van der Waals surface area contributed by atoms with Crippen LogP contribution in [-0.4, -0.2) is 48.5 Å². The molecule has 2 rings (SSSR count). The lowest BCUT2D eigenvalue weighted by atomic mass is 10.1. The van der Waals surface area contributed by atoms with Gasteiger partial charge >= 0.3 is 0 Å². The summed E-state index contributed by atoms with van der Waals surface area (Å²) in [6, 6.07) is 0. The van der Waals surface area contributed by atoms with E-state index in [1.807, 2.05) is 0 Å². The second kappa shape index (κ2) is 4.60. The highest BCUT2D eigenvalue weighted by Crippen LogP contribution is 2.34. The van der Waals surface area contributed by atoms with Gasteiger partial charge in [-0.1, -0.05) is 19.8 Å². The van der Waals surface area contributed by atoms with Crippen LogP contribution in [0.25, 0.3) is 0 Å². The van der Waals surface area contributed by atoms with E-state index >= 15 is 0 Å². The molecule has 0 aromatic carbocycles. The summed E-state index contributed by atoms with van der Waals surface area (Å²) < 4.78 is 5.61. The molecule has 3 nitrogen and oxygen atoms in total. The number of nitrogens with zero attached hydrogens (tertiary/aromatic N) is 1. The van der Waals surface area contributed by atoms with Crippen LogP contribution in [0, 0.1) is 5.92 Å². The standard InChI is InChI=1S/C11H21NO2/c1-2-12-5-6-14-11(8-12)10(13)7-9-3-4-9/h9-11,13H,2-8H2,1H3. The number of aliphatic hydroxyl groups is 1. The van der Waals surface area contributed by atoms with Gasteiger partial charge in [0.2, 0.25) is 0 Å². The summed E-state index contributed by atoms with van der Waals surface area (Å²) in [6.07, 6.45) is 3.38. The molecule has 2 aliphatic rings. The summed E-state index contributed by atoms with van der Waals surface area (Å²) in [5, 5.41) is 9.95. The van der Waals surface area contributed by atoms with E-state index in [2.05, 4.69) is 11.8 Å². The van der Waals surface area contributed by atoms with Crippen LogP contribution < -0.4 is 0 Å². The molecule has 1 saturated heterocycles. The Morgan fingerprint density at radius 1 is 1.50 bits per heavy atom. The smallest absolute Gasteiger partial charge is 0.0961 e. The number of ether oxygens (including phenoxy) is 1. The summed E-state index contributed by atoms with van der Waals surface area (Å²) in [7, 11) is 0. The zero-order valence-electron chi connectivity index (χ0n) is 8.98. The highest BCUT2D eigenvalue weighted by molar-refractivity contribution is 4.83. The third kappa shape index (κ3) is 2.69. The minimum atomic E-state index is -0.239. The highest BCUT2D eigenvalue weighted by atomic mass is 16.5. The fourth-order valence-electron chi connectivity index (χ4n) is 2.10. The topological polar surface area (TPSA) is 32.7 Å². The van der Waals surface area contributed by atoms with Crippen LogP contribution >= 0.6 is 0 Å². The molecule has 1 N–H and O–H groups in total. The lowest BCUT2D eigenvalue weighted by molar-refractivity contribution is -0.0905. The van der Waals surface area contributed by atoms with Crippen molar-refractivity contribution in [2.24, 2.45) is 5.92 Å². The largest absolute Gasteiger partial charge is 0.390 e.